The molecular formula is C22H19F3N4O3S. The fraction of sp³-hybridized carbons (Fsp3) is 0.273. The number of benzene rings is 2. The zero-order valence-corrected chi connectivity index (χ0v) is 18.1. The van der Waals surface area contributed by atoms with Crippen LogP contribution < -0.4 is 5.56 Å². The number of carbonyl (C=O) groups excluding carboxylic acids is 2. The maximum absolute atomic E-state index is 13.3. The van der Waals surface area contributed by atoms with Crippen LogP contribution in [-0.4, -0.2) is 63.6 Å². The van der Waals surface area contributed by atoms with E-state index in [0.717, 1.165) is 34.9 Å². The van der Waals surface area contributed by atoms with Crippen LogP contribution in [0.15, 0.2) is 58.5 Å². The largest absolute Gasteiger partial charge is 0.416 e. The van der Waals surface area contributed by atoms with E-state index in [2.05, 4.69) is 4.98 Å². The topological polar surface area (TPSA) is 75.5 Å². The average molecular weight is 476 g/mol. The molecule has 1 aromatic heterocycles. The van der Waals surface area contributed by atoms with Gasteiger partial charge in [0.15, 0.2) is 5.16 Å². The van der Waals surface area contributed by atoms with Crippen molar-refractivity contribution in [1.82, 2.24) is 19.4 Å². The Balaban J connectivity index is 1.68. The number of fused-ring (bicyclic) bond motifs is 1. The van der Waals surface area contributed by atoms with Crippen LogP contribution in [0.4, 0.5) is 13.2 Å². The zero-order chi connectivity index (χ0) is 23.6. The molecule has 7 nitrogen and oxygen atoms in total. The Bertz CT molecular complexity index is 1250. The normalized spacial score (nSPS) is 14.5. The van der Waals surface area contributed by atoms with E-state index in [1.54, 1.807) is 34.1 Å². The molecule has 1 aliphatic heterocycles. The molecule has 3 aromatic rings. The molecule has 33 heavy (non-hydrogen) atoms. The number of para-hydroxylation sites is 1. The summed E-state index contributed by atoms with van der Waals surface area (Å²) in [7, 11) is 0. The van der Waals surface area contributed by atoms with E-state index in [4.69, 9.17) is 0 Å². The van der Waals surface area contributed by atoms with Gasteiger partial charge >= 0.3 is 6.18 Å². The minimum absolute atomic E-state index is 0.0163. The first kappa shape index (κ1) is 22.8. The number of piperazine rings is 1. The average Bonchev–Trinajstić information content (AvgIpc) is 2.82. The van der Waals surface area contributed by atoms with Crippen LogP contribution in [0.2, 0.25) is 0 Å². The number of alkyl halides is 3. The molecule has 0 spiro atoms. The molecule has 11 heteroatoms. The number of hydrogen-bond acceptors (Lipinski definition) is 5. The van der Waals surface area contributed by atoms with Crippen molar-refractivity contribution in [1.29, 1.82) is 0 Å². The minimum Gasteiger partial charge on any atom is -0.342 e. The van der Waals surface area contributed by atoms with E-state index in [1.165, 1.54) is 12.1 Å². The molecule has 0 saturated carbocycles. The molecule has 0 atom stereocenters. The minimum atomic E-state index is -4.57. The summed E-state index contributed by atoms with van der Waals surface area (Å²) in [5.41, 5.74) is -1.00. The van der Waals surface area contributed by atoms with Crippen molar-refractivity contribution in [2.45, 2.75) is 11.3 Å². The summed E-state index contributed by atoms with van der Waals surface area (Å²) in [6.45, 7) is 1.65. The number of thioether (sulfide) groups is 1. The van der Waals surface area contributed by atoms with Crippen LogP contribution in [0.25, 0.3) is 16.6 Å². The lowest BCUT2D eigenvalue weighted by molar-refractivity contribution is -0.137. The summed E-state index contributed by atoms with van der Waals surface area (Å²) in [5, 5.41) is 0.383. The molecule has 0 bridgehead atoms. The van der Waals surface area contributed by atoms with Gasteiger partial charge < -0.3 is 9.80 Å². The highest BCUT2D eigenvalue weighted by Gasteiger charge is 2.31. The van der Waals surface area contributed by atoms with Crippen LogP contribution in [0.5, 0.6) is 0 Å². The maximum Gasteiger partial charge on any atom is 0.416 e. The SMILES string of the molecule is O=CN1CCN(C(=O)CSc2nc3ccccc3c(=O)n2-c2cccc(C(F)(F)F)c2)CC1. The van der Waals surface area contributed by atoms with Gasteiger partial charge in [0.1, 0.15) is 0 Å². The quantitative estimate of drug-likeness (QED) is 0.322. The third-order valence-electron chi connectivity index (χ3n) is 5.32. The first-order valence-electron chi connectivity index (χ1n) is 10.1. The van der Waals surface area contributed by atoms with Crippen molar-refractivity contribution < 1.29 is 22.8 Å². The van der Waals surface area contributed by atoms with Crippen LogP contribution in [-0.2, 0) is 15.8 Å². The molecule has 1 aliphatic rings. The van der Waals surface area contributed by atoms with Gasteiger partial charge in [-0.05, 0) is 30.3 Å². The van der Waals surface area contributed by atoms with Crippen molar-refractivity contribution >= 4 is 35.0 Å². The first-order chi connectivity index (χ1) is 15.8. The van der Waals surface area contributed by atoms with Gasteiger partial charge in [-0.2, -0.15) is 13.2 Å². The van der Waals surface area contributed by atoms with Crippen molar-refractivity contribution in [2.75, 3.05) is 31.9 Å². The molecule has 2 aromatic carbocycles. The summed E-state index contributed by atoms with van der Waals surface area (Å²) in [5.74, 6) is -0.256. The third-order valence-corrected chi connectivity index (χ3v) is 6.24. The molecule has 0 radical (unpaired) electrons. The Kier molecular flexibility index (Phi) is 6.41. The highest BCUT2D eigenvalue weighted by atomic mass is 32.2. The summed E-state index contributed by atoms with van der Waals surface area (Å²) in [4.78, 5) is 44.4. The Morgan fingerprint density at radius 1 is 1.06 bits per heavy atom. The molecule has 1 fully saturated rings. The predicted molar refractivity (Wildman–Crippen MR) is 117 cm³/mol. The van der Waals surface area contributed by atoms with Gasteiger partial charge in [0.05, 0.1) is 27.9 Å². The fourth-order valence-corrected chi connectivity index (χ4v) is 4.47. The lowest BCUT2D eigenvalue weighted by atomic mass is 10.2. The molecular weight excluding hydrogens is 457 g/mol. The van der Waals surface area contributed by atoms with Crippen molar-refractivity contribution in [3.8, 4) is 5.69 Å². The van der Waals surface area contributed by atoms with E-state index >= 15 is 0 Å². The summed E-state index contributed by atoms with van der Waals surface area (Å²) >= 11 is 0.989. The van der Waals surface area contributed by atoms with Gasteiger partial charge in [-0.25, -0.2) is 4.98 Å². The summed E-state index contributed by atoms with van der Waals surface area (Å²) in [6, 6.07) is 11.0. The smallest absolute Gasteiger partial charge is 0.342 e. The predicted octanol–water partition coefficient (Wildman–Crippen LogP) is 2.80. The Hall–Kier alpha value is -3.34. The Labute approximate surface area is 190 Å². The van der Waals surface area contributed by atoms with E-state index in [-0.39, 0.29) is 27.9 Å². The van der Waals surface area contributed by atoms with Gasteiger partial charge in [-0.3, -0.25) is 19.0 Å². The van der Waals surface area contributed by atoms with E-state index in [1.807, 2.05) is 0 Å². The maximum atomic E-state index is 13.3. The second kappa shape index (κ2) is 9.26. The summed E-state index contributed by atoms with van der Waals surface area (Å²) < 4.78 is 40.9. The monoisotopic (exact) mass is 476 g/mol. The van der Waals surface area contributed by atoms with Crippen molar-refractivity contribution in [2.24, 2.45) is 0 Å². The number of halogens is 3. The molecule has 0 aliphatic carbocycles. The Morgan fingerprint density at radius 3 is 2.48 bits per heavy atom. The highest BCUT2D eigenvalue weighted by molar-refractivity contribution is 7.99. The first-order valence-corrected chi connectivity index (χ1v) is 11.1. The molecule has 1 saturated heterocycles. The molecule has 2 amide bonds. The lowest BCUT2D eigenvalue weighted by Gasteiger charge is -2.32. The van der Waals surface area contributed by atoms with Gasteiger partial charge in [-0.15, -0.1) is 0 Å². The number of carbonyl (C=O) groups is 2. The van der Waals surface area contributed by atoms with Crippen LogP contribution >= 0.6 is 11.8 Å². The highest BCUT2D eigenvalue weighted by Crippen LogP contribution is 2.31. The fourth-order valence-electron chi connectivity index (χ4n) is 3.55. The number of nitrogens with zero attached hydrogens (tertiary/aromatic N) is 4. The lowest BCUT2D eigenvalue weighted by Crippen LogP contribution is -2.48. The zero-order valence-electron chi connectivity index (χ0n) is 17.3. The number of aromatic nitrogens is 2. The molecule has 4 rings (SSSR count). The van der Waals surface area contributed by atoms with E-state index < -0.39 is 17.3 Å². The van der Waals surface area contributed by atoms with E-state index in [9.17, 15) is 27.6 Å². The standard InChI is InChI=1S/C22H19F3N4O3S/c23-22(24,25)15-4-3-5-16(12-15)29-20(32)17-6-1-2-7-18(17)26-21(29)33-13-19(31)28-10-8-27(14-30)9-11-28/h1-7,12,14H,8-11,13H2. The molecule has 0 unspecified atom stereocenters. The molecule has 2 heterocycles. The second-order valence-electron chi connectivity index (χ2n) is 7.41. The van der Waals surface area contributed by atoms with Crippen molar-refractivity contribution in [3.05, 3.63) is 64.4 Å². The van der Waals surface area contributed by atoms with Gasteiger partial charge in [0.25, 0.3) is 5.56 Å². The van der Waals surface area contributed by atoms with Gasteiger partial charge in [0, 0.05) is 26.2 Å². The van der Waals surface area contributed by atoms with Gasteiger partial charge in [0.2, 0.25) is 12.3 Å². The van der Waals surface area contributed by atoms with E-state index in [0.29, 0.717) is 31.7 Å². The number of rotatable bonds is 5. The number of hydrogen-bond donors (Lipinski definition) is 0. The van der Waals surface area contributed by atoms with Crippen LogP contribution in [0.3, 0.4) is 0 Å². The number of amides is 2. The van der Waals surface area contributed by atoms with Crippen LogP contribution in [0.1, 0.15) is 5.56 Å². The van der Waals surface area contributed by atoms with Gasteiger partial charge in [-0.1, -0.05) is 30.0 Å². The van der Waals surface area contributed by atoms with Crippen LogP contribution in [0, 0.1) is 0 Å². The van der Waals surface area contributed by atoms with Crippen molar-refractivity contribution in [3.63, 3.8) is 0 Å². The third kappa shape index (κ3) is 4.87. The molecule has 0 N–H and O–H groups in total. The summed E-state index contributed by atoms with van der Waals surface area (Å²) in [6.07, 6.45) is -3.83. The molecule has 172 valence electrons. The Morgan fingerprint density at radius 2 is 1.79 bits per heavy atom. The second-order valence-corrected chi connectivity index (χ2v) is 8.35.